The molecule has 0 fully saturated rings. The standard InChI is InChI=1S/C9H16N2OS2/c1-2-3-10-6-8(12)7-14-9-11-4-5-13-9/h4-5,8,10,12H,2-3,6-7H2,1H3. The van der Waals surface area contributed by atoms with Crippen LogP contribution in [0.1, 0.15) is 13.3 Å². The van der Waals surface area contributed by atoms with E-state index in [9.17, 15) is 5.11 Å². The summed E-state index contributed by atoms with van der Waals surface area (Å²) in [7, 11) is 0. The van der Waals surface area contributed by atoms with E-state index in [0.29, 0.717) is 12.3 Å². The number of hydrogen-bond donors (Lipinski definition) is 2. The molecule has 1 heterocycles. The lowest BCUT2D eigenvalue weighted by molar-refractivity contribution is 0.196. The van der Waals surface area contributed by atoms with E-state index in [1.54, 1.807) is 29.3 Å². The molecule has 1 rings (SSSR count). The Kier molecular flexibility index (Phi) is 6.18. The van der Waals surface area contributed by atoms with Gasteiger partial charge in [0.1, 0.15) is 4.34 Å². The fraction of sp³-hybridized carbons (Fsp3) is 0.667. The first kappa shape index (κ1) is 12.0. The number of thioether (sulfide) groups is 1. The molecule has 0 bridgehead atoms. The fourth-order valence-corrected chi connectivity index (χ4v) is 2.54. The molecule has 1 unspecified atom stereocenters. The molecule has 0 aliphatic carbocycles. The molecule has 14 heavy (non-hydrogen) atoms. The van der Waals surface area contributed by atoms with E-state index in [2.05, 4.69) is 17.2 Å². The van der Waals surface area contributed by atoms with Crippen LogP contribution in [-0.2, 0) is 0 Å². The summed E-state index contributed by atoms with van der Waals surface area (Å²) >= 11 is 3.22. The lowest BCUT2D eigenvalue weighted by Crippen LogP contribution is -2.28. The molecule has 5 heteroatoms. The highest BCUT2D eigenvalue weighted by atomic mass is 32.2. The third kappa shape index (κ3) is 4.95. The van der Waals surface area contributed by atoms with Crippen molar-refractivity contribution in [3.8, 4) is 0 Å². The number of rotatable bonds is 7. The molecule has 1 aromatic rings. The van der Waals surface area contributed by atoms with Crippen molar-refractivity contribution in [3.63, 3.8) is 0 Å². The van der Waals surface area contributed by atoms with Gasteiger partial charge in [-0.1, -0.05) is 18.7 Å². The number of aliphatic hydroxyl groups excluding tert-OH is 1. The summed E-state index contributed by atoms with van der Waals surface area (Å²) < 4.78 is 1.03. The molecule has 0 aliphatic heterocycles. The van der Waals surface area contributed by atoms with Gasteiger partial charge in [0, 0.05) is 23.9 Å². The topological polar surface area (TPSA) is 45.1 Å². The second-order valence-corrected chi connectivity index (χ2v) is 5.13. The van der Waals surface area contributed by atoms with Gasteiger partial charge in [0.15, 0.2) is 0 Å². The zero-order chi connectivity index (χ0) is 10.2. The third-order valence-corrected chi connectivity index (χ3v) is 3.73. The molecular weight excluding hydrogens is 216 g/mol. The van der Waals surface area contributed by atoms with Crippen LogP contribution < -0.4 is 5.32 Å². The average molecular weight is 232 g/mol. The number of hydrogen-bond acceptors (Lipinski definition) is 5. The second-order valence-electron chi connectivity index (χ2n) is 2.97. The van der Waals surface area contributed by atoms with Crippen LogP contribution in [-0.4, -0.2) is 35.0 Å². The molecule has 0 aromatic carbocycles. The van der Waals surface area contributed by atoms with E-state index in [-0.39, 0.29) is 6.10 Å². The van der Waals surface area contributed by atoms with Gasteiger partial charge in [-0.2, -0.15) is 0 Å². The second kappa shape index (κ2) is 7.23. The zero-order valence-electron chi connectivity index (χ0n) is 8.27. The van der Waals surface area contributed by atoms with Crippen molar-refractivity contribution in [2.24, 2.45) is 0 Å². The Labute approximate surface area is 92.9 Å². The summed E-state index contributed by atoms with van der Waals surface area (Å²) in [5, 5.41) is 14.7. The number of nitrogens with zero attached hydrogens (tertiary/aromatic N) is 1. The maximum absolute atomic E-state index is 9.57. The monoisotopic (exact) mass is 232 g/mol. The van der Waals surface area contributed by atoms with Crippen LogP contribution in [0.25, 0.3) is 0 Å². The van der Waals surface area contributed by atoms with Gasteiger partial charge in [0.25, 0.3) is 0 Å². The maximum atomic E-state index is 9.57. The largest absolute Gasteiger partial charge is 0.391 e. The van der Waals surface area contributed by atoms with E-state index < -0.39 is 0 Å². The Morgan fingerprint density at radius 2 is 2.57 bits per heavy atom. The van der Waals surface area contributed by atoms with Gasteiger partial charge < -0.3 is 10.4 Å². The first-order chi connectivity index (χ1) is 6.83. The van der Waals surface area contributed by atoms with Gasteiger partial charge in [0.05, 0.1) is 6.10 Å². The fourth-order valence-electron chi connectivity index (χ4n) is 0.953. The molecule has 0 spiro atoms. The van der Waals surface area contributed by atoms with Crippen molar-refractivity contribution < 1.29 is 5.11 Å². The first-order valence-electron chi connectivity index (χ1n) is 4.74. The molecule has 80 valence electrons. The SMILES string of the molecule is CCCNCC(O)CSc1nccs1. The van der Waals surface area contributed by atoms with Gasteiger partial charge in [-0.05, 0) is 13.0 Å². The summed E-state index contributed by atoms with van der Waals surface area (Å²) in [6.07, 6.45) is 2.61. The average Bonchev–Trinajstić information content (AvgIpc) is 2.68. The normalized spacial score (nSPS) is 13.0. The summed E-state index contributed by atoms with van der Waals surface area (Å²) in [5.74, 6) is 0.713. The van der Waals surface area contributed by atoms with Crippen molar-refractivity contribution >= 4 is 23.1 Å². The Bertz CT molecular complexity index is 229. The summed E-state index contributed by atoms with van der Waals surface area (Å²) in [6, 6.07) is 0. The minimum Gasteiger partial charge on any atom is -0.391 e. The lowest BCUT2D eigenvalue weighted by atomic mass is 10.4. The molecule has 0 amide bonds. The van der Waals surface area contributed by atoms with Crippen molar-refractivity contribution in [3.05, 3.63) is 11.6 Å². The lowest BCUT2D eigenvalue weighted by Gasteiger charge is -2.09. The Morgan fingerprint density at radius 1 is 1.71 bits per heavy atom. The van der Waals surface area contributed by atoms with Crippen molar-refractivity contribution in [1.82, 2.24) is 10.3 Å². The van der Waals surface area contributed by atoms with Crippen LogP contribution in [0.2, 0.25) is 0 Å². The van der Waals surface area contributed by atoms with E-state index in [1.165, 1.54) is 0 Å². The quantitative estimate of drug-likeness (QED) is 0.553. The molecule has 0 saturated carbocycles. The molecule has 0 aliphatic rings. The predicted molar refractivity (Wildman–Crippen MR) is 62.0 cm³/mol. The van der Waals surface area contributed by atoms with Crippen molar-refractivity contribution in [2.45, 2.75) is 23.8 Å². The summed E-state index contributed by atoms with van der Waals surface area (Å²) in [6.45, 7) is 3.76. The van der Waals surface area contributed by atoms with E-state index in [0.717, 1.165) is 17.3 Å². The number of nitrogens with one attached hydrogen (secondary N) is 1. The van der Waals surface area contributed by atoms with Crippen LogP contribution in [0.5, 0.6) is 0 Å². The highest BCUT2D eigenvalue weighted by Gasteiger charge is 2.05. The van der Waals surface area contributed by atoms with Crippen molar-refractivity contribution in [1.29, 1.82) is 0 Å². The summed E-state index contributed by atoms with van der Waals surface area (Å²) in [5.41, 5.74) is 0. The predicted octanol–water partition coefficient (Wildman–Crippen LogP) is 1.60. The Hall–Kier alpha value is -0.100. The molecule has 3 nitrogen and oxygen atoms in total. The van der Waals surface area contributed by atoms with Gasteiger partial charge >= 0.3 is 0 Å². The number of aliphatic hydroxyl groups is 1. The highest BCUT2D eigenvalue weighted by molar-refractivity contribution is 8.01. The molecular formula is C9H16N2OS2. The number of thiazole rings is 1. The highest BCUT2D eigenvalue weighted by Crippen LogP contribution is 2.20. The molecule has 0 radical (unpaired) electrons. The van der Waals surface area contributed by atoms with Gasteiger partial charge in [-0.15, -0.1) is 11.3 Å². The van der Waals surface area contributed by atoms with Gasteiger partial charge in [0.2, 0.25) is 0 Å². The van der Waals surface area contributed by atoms with Crippen LogP contribution >= 0.6 is 23.1 Å². The minimum absolute atomic E-state index is 0.282. The van der Waals surface area contributed by atoms with Crippen LogP contribution in [0.4, 0.5) is 0 Å². The van der Waals surface area contributed by atoms with Gasteiger partial charge in [-0.25, -0.2) is 4.98 Å². The third-order valence-electron chi connectivity index (χ3n) is 1.62. The maximum Gasteiger partial charge on any atom is 0.149 e. The molecule has 0 saturated heterocycles. The Morgan fingerprint density at radius 3 is 3.21 bits per heavy atom. The van der Waals surface area contributed by atoms with Crippen LogP contribution in [0, 0.1) is 0 Å². The van der Waals surface area contributed by atoms with Crippen LogP contribution in [0.15, 0.2) is 15.9 Å². The molecule has 1 atom stereocenters. The van der Waals surface area contributed by atoms with E-state index in [1.807, 2.05) is 5.38 Å². The molecule has 1 aromatic heterocycles. The van der Waals surface area contributed by atoms with Crippen LogP contribution in [0.3, 0.4) is 0 Å². The Balaban J connectivity index is 2.06. The first-order valence-corrected chi connectivity index (χ1v) is 6.60. The number of aromatic nitrogens is 1. The van der Waals surface area contributed by atoms with Gasteiger partial charge in [-0.3, -0.25) is 0 Å². The minimum atomic E-state index is -0.282. The van der Waals surface area contributed by atoms with Crippen molar-refractivity contribution in [2.75, 3.05) is 18.8 Å². The summed E-state index contributed by atoms with van der Waals surface area (Å²) in [4.78, 5) is 4.13. The van der Waals surface area contributed by atoms with E-state index in [4.69, 9.17) is 0 Å². The van der Waals surface area contributed by atoms with E-state index >= 15 is 0 Å². The smallest absolute Gasteiger partial charge is 0.149 e. The zero-order valence-corrected chi connectivity index (χ0v) is 9.90. The molecule has 2 N–H and O–H groups in total.